The van der Waals surface area contributed by atoms with E-state index in [1.165, 1.54) is 4.90 Å². The van der Waals surface area contributed by atoms with E-state index in [0.29, 0.717) is 39.1 Å². The summed E-state index contributed by atoms with van der Waals surface area (Å²) in [4.78, 5) is 42.5. The van der Waals surface area contributed by atoms with Crippen LogP contribution in [0.4, 0.5) is 4.79 Å². The zero-order chi connectivity index (χ0) is 20.4. The van der Waals surface area contributed by atoms with Gasteiger partial charge in [0.1, 0.15) is 11.6 Å². The van der Waals surface area contributed by atoms with Crippen molar-refractivity contribution in [3.8, 4) is 0 Å². The number of hydrogen-bond acceptors (Lipinski definition) is 5. The standard InChI is InChI=1S/C19H33N3O5/c1-18(2,3)27-17(25)22-8-6-7-14(22)16(24)21-11-9-20(10-12-21)15(23)13-19(4,5)26/h14,26H,6-13H2,1-5H3. The normalized spacial score (nSPS) is 21.4. The summed E-state index contributed by atoms with van der Waals surface area (Å²) in [6.07, 6.45) is 1.03. The molecule has 0 radical (unpaired) electrons. The minimum atomic E-state index is -1.04. The lowest BCUT2D eigenvalue weighted by Crippen LogP contribution is -2.56. The predicted octanol–water partition coefficient (Wildman–Crippen LogP) is 1.22. The minimum absolute atomic E-state index is 0.0655. The average Bonchev–Trinajstić information content (AvgIpc) is 3.01. The second-order valence-electron chi connectivity index (χ2n) is 9.03. The van der Waals surface area contributed by atoms with Crippen molar-refractivity contribution in [1.29, 1.82) is 0 Å². The zero-order valence-corrected chi connectivity index (χ0v) is 17.2. The van der Waals surface area contributed by atoms with Crippen LogP contribution in [0.25, 0.3) is 0 Å². The van der Waals surface area contributed by atoms with Crippen molar-refractivity contribution in [2.75, 3.05) is 32.7 Å². The molecule has 2 fully saturated rings. The number of amides is 3. The molecule has 0 aliphatic carbocycles. The van der Waals surface area contributed by atoms with Crippen molar-refractivity contribution in [1.82, 2.24) is 14.7 Å². The fourth-order valence-corrected chi connectivity index (χ4v) is 3.43. The summed E-state index contributed by atoms with van der Waals surface area (Å²) in [7, 11) is 0. The van der Waals surface area contributed by atoms with Crippen molar-refractivity contribution in [3.05, 3.63) is 0 Å². The number of carbonyl (C=O) groups excluding carboxylic acids is 3. The Morgan fingerprint density at radius 3 is 2.04 bits per heavy atom. The number of ether oxygens (including phenoxy) is 1. The van der Waals surface area contributed by atoms with Crippen molar-refractivity contribution >= 4 is 17.9 Å². The number of likely N-dealkylation sites (tertiary alicyclic amines) is 1. The van der Waals surface area contributed by atoms with E-state index < -0.39 is 23.3 Å². The highest BCUT2D eigenvalue weighted by atomic mass is 16.6. The molecule has 0 aromatic carbocycles. The summed E-state index contributed by atoms with van der Waals surface area (Å²) < 4.78 is 5.42. The lowest BCUT2D eigenvalue weighted by Gasteiger charge is -2.38. The molecule has 8 nitrogen and oxygen atoms in total. The van der Waals surface area contributed by atoms with Gasteiger partial charge in [0.05, 0.1) is 12.0 Å². The summed E-state index contributed by atoms with van der Waals surface area (Å²) in [6.45, 7) is 10.9. The molecule has 0 bridgehead atoms. The maximum Gasteiger partial charge on any atom is 0.410 e. The van der Waals surface area contributed by atoms with Gasteiger partial charge < -0.3 is 19.6 Å². The molecular formula is C19H33N3O5. The highest BCUT2D eigenvalue weighted by Gasteiger charge is 2.39. The van der Waals surface area contributed by atoms with Crippen LogP contribution in [0, 0.1) is 0 Å². The van der Waals surface area contributed by atoms with Crippen molar-refractivity contribution in [2.24, 2.45) is 0 Å². The maximum atomic E-state index is 12.9. The van der Waals surface area contributed by atoms with E-state index in [1.807, 2.05) is 20.8 Å². The molecule has 0 aromatic heterocycles. The van der Waals surface area contributed by atoms with Crippen LogP contribution < -0.4 is 0 Å². The first-order chi connectivity index (χ1) is 12.4. The highest BCUT2D eigenvalue weighted by molar-refractivity contribution is 5.86. The minimum Gasteiger partial charge on any atom is -0.444 e. The molecule has 2 rings (SSSR count). The number of hydrogen-bond donors (Lipinski definition) is 1. The number of nitrogens with zero attached hydrogens (tertiary/aromatic N) is 3. The van der Waals surface area contributed by atoms with Gasteiger partial charge in [-0.05, 0) is 47.5 Å². The molecule has 2 aliphatic heterocycles. The van der Waals surface area contributed by atoms with E-state index in [4.69, 9.17) is 4.74 Å². The van der Waals surface area contributed by atoms with Crippen LogP contribution in [0.2, 0.25) is 0 Å². The molecular weight excluding hydrogens is 350 g/mol. The van der Waals surface area contributed by atoms with Gasteiger partial charge in [-0.25, -0.2) is 4.79 Å². The first-order valence-electron chi connectivity index (χ1n) is 9.66. The van der Waals surface area contributed by atoms with Gasteiger partial charge >= 0.3 is 6.09 Å². The number of carbonyl (C=O) groups is 3. The van der Waals surface area contributed by atoms with Crippen LogP contribution in [-0.2, 0) is 14.3 Å². The fraction of sp³-hybridized carbons (Fsp3) is 0.842. The third-order valence-electron chi connectivity index (χ3n) is 4.69. The Labute approximate surface area is 161 Å². The Bertz CT molecular complexity index is 571. The SMILES string of the molecule is CC(C)(O)CC(=O)N1CCN(C(=O)C2CCCN2C(=O)OC(C)(C)C)CC1. The zero-order valence-electron chi connectivity index (χ0n) is 17.2. The van der Waals surface area contributed by atoms with Crippen LogP contribution in [-0.4, -0.2) is 87.7 Å². The summed E-state index contributed by atoms with van der Waals surface area (Å²) >= 11 is 0. The first kappa shape index (κ1) is 21.5. The summed E-state index contributed by atoms with van der Waals surface area (Å²) in [5.41, 5.74) is -1.64. The lowest BCUT2D eigenvalue weighted by molar-refractivity contribution is -0.144. The molecule has 27 heavy (non-hydrogen) atoms. The number of piperazine rings is 1. The van der Waals surface area contributed by atoms with Gasteiger partial charge in [0.2, 0.25) is 11.8 Å². The Morgan fingerprint density at radius 1 is 0.963 bits per heavy atom. The number of rotatable bonds is 3. The van der Waals surface area contributed by atoms with Gasteiger partial charge in [0, 0.05) is 32.7 Å². The molecule has 0 spiro atoms. The smallest absolute Gasteiger partial charge is 0.410 e. The maximum absolute atomic E-state index is 12.9. The van der Waals surface area contributed by atoms with Crippen molar-refractivity contribution in [3.63, 3.8) is 0 Å². The summed E-state index contributed by atoms with van der Waals surface area (Å²) in [5, 5.41) is 9.80. The largest absolute Gasteiger partial charge is 0.444 e. The van der Waals surface area contributed by atoms with Crippen LogP contribution in [0.1, 0.15) is 53.9 Å². The molecule has 2 aliphatic rings. The topological polar surface area (TPSA) is 90.4 Å². The monoisotopic (exact) mass is 383 g/mol. The average molecular weight is 383 g/mol. The molecule has 0 aromatic rings. The van der Waals surface area contributed by atoms with Crippen LogP contribution in [0.15, 0.2) is 0 Å². The van der Waals surface area contributed by atoms with Gasteiger partial charge in [-0.3, -0.25) is 14.5 Å². The van der Waals surface area contributed by atoms with E-state index in [-0.39, 0.29) is 18.2 Å². The van der Waals surface area contributed by atoms with Gasteiger partial charge in [-0.1, -0.05) is 0 Å². The van der Waals surface area contributed by atoms with Gasteiger partial charge in [0.15, 0.2) is 0 Å². The van der Waals surface area contributed by atoms with E-state index >= 15 is 0 Å². The molecule has 1 N–H and O–H groups in total. The molecule has 1 atom stereocenters. The third kappa shape index (κ3) is 6.09. The molecule has 0 saturated carbocycles. The summed E-state index contributed by atoms with van der Waals surface area (Å²) in [6, 6.07) is -0.488. The van der Waals surface area contributed by atoms with Crippen molar-refractivity contribution in [2.45, 2.75) is 71.1 Å². The Kier molecular flexibility index (Phi) is 6.39. The quantitative estimate of drug-likeness (QED) is 0.791. The highest BCUT2D eigenvalue weighted by Crippen LogP contribution is 2.23. The van der Waals surface area contributed by atoms with Crippen molar-refractivity contribution < 1.29 is 24.2 Å². The predicted molar refractivity (Wildman–Crippen MR) is 100 cm³/mol. The fourth-order valence-electron chi connectivity index (χ4n) is 3.43. The second kappa shape index (κ2) is 8.04. The molecule has 3 amide bonds. The molecule has 2 saturated heterocycles. The number of aliphatic hydroxyl groups is 1. The molecule has 8 heteroatoms. The Hall–Kier alpha value is -1.83. The van der Waals surface area contributed by atoms with Gasteiger partial charge in [0.25, 0.3) is 0 Å². The Balaban J connectivity index is 1.91. The summed E-state index contributed by atoms with van der Waals surface area (Å²) in [5.74, 6) is -0.182. The van der Waals surface area contributed by atoms with Gasteiger partial charge in [-0.15, -0.1) is 0 Å². The Morgan fingerprint density at radius 2 is 1.52 bits per heavy atom. The second-order valence-corrected chi connectivity index (χ2v) is 9.03. The van der Waals surface area contributed by atoms with Crippen LogP contribution in [0.5, 0.6) is 0 Å². The first-order valence-corrected chi connectivity index (χ1v) is 9.66. The van der Waals surface area contributed by atoms with Gasteiger partial charge in [-0.2, -0.15) is 0 Å². The van der Waals surface area contributed by atoms with E-state index in [0.717, 1.165) is 6.42 Å². The molecule has 2 heterocycles. The molecule has 154 valence electrons. The van der Waals surface area contributed by atoms with E-state index in [1.54, 1.807) is 23.6 Å². The van der Waals surface area contributed by atoms with Crippen LogP contribution >= 0.6 is 0 Å². The lowest BCUT2D eigenvalue weighted by atomic mass is 10.0. The van der Waals surface area contributed by atoms with E-state index in [9.17, 15) is 19.5 Å². The van der Waals surface area contributed by atoms with Crippen LogP contribution in [0.3, 0.4) is 0 Å². The van der Waals surface area contributed by atoms with E-state index in [2.05, 4.69) is 0 Å². The molecule has 1 unspecified atom stereocenters. The third-order valence-corrected chi connectivity index (χ3v) is 4.69.